The molecular formula is C16H17FN2O. The summed E-state index contributed by atoms with van der Waals surface area (Å²) in [6.07, 6.45) is 2.71. The van der Waals surface area contributed by atoms with Crippen molar-refractivity contribution in [2.24, 2.45) is 5.92 Å². The number of aryl methyl sites for hydroxylation is 1. The van der Waals surface area contributed by atoms with Gasteiger partial charge < -0.3 is 0 Å². The fraction of sp³-hybridized carbons (Fsp3) is 0.250. The van der Waals surface area contributed by atoms with Crippen LogP contribution < -0.4 is 5.54 Å². The Morgan fingerprint density at radius 1 is 1.20 bits per heavy atom. The lowest BCUT2D eigenvalue weighted by Gasteiger charge is -2.14. The van der Waals surface area contributed by atoms with Crippen LogP contribution in [0.25, 0.3) is 0 Å². The fourth-order valence-electron chi connectivity index (χ4n) is 2.25. The van der Waals surface area contributed by atoms with Gasteiger partial charge in [0.15, 0.2) is 0 Å². The van der Waals surface area contributed by atoms with Gasteiger partial charge in [-0.2, -0.15) is 5.54 Å². The zero-order valence-corrected chi connectivity index (χ0v) is 11.3. The number of carbonyl (C=O) groups is 1. The highest BCUT2D eigenvalue weighted by atomic mass is 19.2. The van der Waals surface area contributed by atoms with Crippen molar-refractivity contribution in [3.63, 3.8) is 0 Å². The Bertz CT molecular complexity index is 572. The second kappa shape index (κ2) is 6.80. The van der Waals surface area contributed by atoms with E-state index >= 15 is 0 Å². The summed E-state index contributed by atoms with van der Waals surface area (Å²) in [7, 11) is 0. The van der Waals surface area contributed by atoms with E-state index in [0.717, 1.165) is 16.8 Å². The molecule has 1 N–H and O–H groups in total. The predicted octanol–water partition coefficient (Wildman–Crippen LogP) is 2.79. The van der Waals surface area contributed by atoms with Crippen LogP contribution in [0.2, 0.25) is 0 Å². The van der Waals surface area contributed by atoms with Gasteiger partial charge in [0.2, 0.25) is 0 Å². The number of pyridine rings is 1. The maximum Gasteiger partial charge on any atom is 0.251 e. The molecule has 2 aromatic rings. The largest absolute Gasteiger partial charge is 0.272 e. The average Bonchev–Trinajstić information content (AvgIpc) is 2.47. The number of aromatic nitrogens is 1. The third-order valence-corrected chi connectivity index (χ3v) is 3.23. The molecule has 0 aliphatic heterocycles. The smallest absolute Gasteiger partial charge is 0.251 e. The predicted molar refractivity (Wildman–Crippen MR) is 75.6 cm³/mol. The van der Waals surface area contributed by atoms with Gasteiger partial charge in [-0.05, 0) is 43.0 Å². The molecule has 1 atom stereocenters. The van der Waals surface area contributed by atoms with Crippen LogP contribution in [0.5, 0.6) is 0 Å². The van der Waals surface area contributed by atoms with Crippen molar-refractivity contribution in [1.82, 2.24) is 10.5 Å². The Balaban J connectivity index is 2.14. The van der Waals surface area contributed by atoms with Crippen LogP contribution >= 0.6 is 0 Å². The lowest BCUT2D eigenvalue weighted by atomic mass is 9.92. The first kappa shape index (κ1) is 14.2. The van der Waals surface area contributed by atoms with E-state index < -0.39 is 11.8 Å². The highest BCUT2D eigenvalue weighted by Gasteiger charge is 2.19. The summed E-state index contributed by atoms with van der Waals surface area (Å²) in [6, 6.07) is 13.4. The summed E-state index contributed by atoms with van der Waals surface area (Å²) in [6.45, 7) is 1.89. The van der Waals surface area contributed by atoms with E-state index in [2.05, 4.69) is 4.98 Å². The maximum atomic E-state index is 12.5. The molecule has 3 nitrogen and oxygen atoms in total. The van der Waals surface area contributed by atoms with Gasteiger partial charge in [0, 0.05) is 17.8 Å². The molecule has 0 aliphatic rings. The minimum Gasteiger partial charge on any atom is -0.272 e. The number of nitrogens with zero attached hydrogens (tertiary/aromatic N) is 1. The lowest BCUT2D eigenvalue weighted by molar-refractivity contribution is -0.129. The molecule has 1 aromatic heterocycles. The molecule has 0 radical (unpaired) electrons. The summed E-state index contributed by atoms with van der Waals surface area (Å²) in [5.41, 5.74) is 4.16. The summed E-state index contributed by atoms with van der Waals surface area (Å²) >= 11 is 0. The Morgan fingerprint density at radius 2 is 1.90 bits per heavy atom. The third kappa shape index (κ3) is 3.88. The molecule has 20 heavy (non-hydrogen) atoms. The molecule has 0 fully saturated rings. The van der Waals surface area contributed by atoms with Gasteiger partial charge in [-0.1, -0.05) is 30.3 Å². The van der Waals surface area contributed by atoms with E-state index in [9.17, 15) is 9.28 Å². The second-order valence-electron chi connectivity index (χ2n) is 4.85. The van der Waals surface area contributed by atoms with Gasteiger partial charge in [0.05, 0.1) is 0 Å². The number of hydrogen-bond acceptors (Lipinski definition) is 2. The molecule has 0 aliphatic carbocycles. The SMILES string of the molecule is Cc1cc(C[C@@H](Cc2ccccc2)C(=O)NF)ccn1. The maximum absolute atomic E-state index is 12.5. The molecule has 0 bridgehead atoms. The Labute approximate surface area is 117 Å². The number of halogens is 1. The first-order valence-electron chi connectivity index (χ1n) is 6.55. The van der Waals surface area contributed by atoms with Gasteiger partial charge >= 0.3 is 0 Å². The highest BCUT2D eigenvalue weighted by molar-refractivity contribution is 5.78. The first-order valence-corrected chi connectivity index (χ1v) is 6.55. The molecule has 1 heterocycles. The molecule has 1 aromatic carbocycles. The highest BCUT2D eigenvalue weighted by Crippen LogP contribution is 2.15. The number of hydrogen-bond donors (Lipinski definition) is 1. The van der Waals surface area contributed by atoms with Gasteiger partial charge in [-0.3, -0.25) is 9.78 Å². The Kier molecular flexibility index (Phi) is 4.82. The van der Waals surface area contributed by atoms with Crippen molar-refractivity contribution in [1.29, 1.82) is 0 Å². The summed E-state index contributed by atoms with van der Waals surface area (Å²) in [4.78, 5) is 15.8. The monoisotopic (exact) mass is 272 g/mol. The normalized spacial score (nSPS) is 11.9. The number of benzene rings is 1. The number of nitrogens with one attached hydrogen (secondary N) is 1. The topological polar surface area (TPSA) is 42.0 Å². The van der Waals surface area contributed by atoms with Crippen molar-refractivity contribution in [2.45, 2.75) is 19.8 Å². The zero-order chi connectivity index (χ0) is 14.4. The van der Waals surface area contributed by atoms with Crippen molar-refractivity contribution in [2.75, 3.05) is 0 Å². The van der Waals surface area contributed by atoms with E-state index in [-0.39, 0.29) is 0 Å². The first-order chi connectivity index (χ1) is 9.69. The lowest BCUT2D eigenvalue weighted by Crippen LogP contribution is -2.28. The van der Waals surface area contributed by atoms with Crippen molar-refractivity contribution in [3.8, 4) is 0 Å². The quantitative estimate of drug-likeness (QED) is 0.850. The average molecular weight is 272 g/mol. The number of carbonyl (C=O) groups excluding carboxylic acids is 1. The standard InChI is InChI=1S/C16H17FN2O/c1-12-9-14(7-8-18-12)11-15(16(20)19-17)10-13-5-3-2-4-6-13/h2-9,15H,10-11H2,1H3,(H,19,20)/t15-/m1/s1. The molecule has 104 valence electrons. The molecule has 0 unspecified atom stereocenters. The Morgan fingerprint density at radius 3 is 2.55 bits per heavy atom. The van der Waals surface area contributed by atoms with Crippen LogP contribution in [-0.2, 0) is 17.6 Å². The van der Waals surface area contributed by atoms with Crippen LogP contribution in [0.4, 0.5) is 4.48 Å². The molecule has 1 amide bonds. The van der Waals surface area contributed by atoms with Crippen molar-refractivity contribution >= 4 is 5.91 Å². The molecule has 0 saturated carbocycles. The fourth-order valence-corrected chi connectivity index (χ4v) is 2.25. The van der Waals surface area contributed by atoms with Crippen molar-refractivity contribution < 1.29 is 9.28 Å². The van der Waals surface area contributed by atoms with Crippen LogP contribution in [-0.4, -0.2) is 10.9 Å². The third-order valence-electron chi connectivity index (χ3n) is 3.23. The second-order valence-corrected chi connectivity index (χ2v) is 4.85. The Hall–Kier alpha value is -2.23. The van der Waals surface area contributed by atoms with Crippen LogP contribution in [0, 0.1) is 12.8 Å². The summed E-state index contributed by atoms with van der Waals surface area (Å²) < 4.78 is 12.5. The van der Waals surface area contributed by atoms with E-state index in [4.69, 9.17) is 0 Å². The van der Waals surface area contributed by atoms with Gasteiger partial charge in [0.25, 0.3) is 5.91 Å². The van der Waals surface area contributed by atoms with Crippen molar-refractivity contribution in [3.05, 3.63) is 65.5 Å². The summed E-state index contributed by atoms with van der Waals surface area (Å²) in [5, 5.41) is 0. The summed E-state index contributed by atoms with van der Waals surface area (Å²) in [5.74, 6) is -1.01. The van der Waals surface area contributed by atoms with E-state index in [1.807, 2.05) is 49.4 Å². The molecule has 0 spiro atoms. The molecule has 4 heteroatoms. The van der Waals surface area contributed by atoms with E-state index in [1.165, 1.54) is 5.54 Å². The molecule has 0 saturated heterocycles. The minimum absolute atomic E-state index is 0.427. The minimum atomic E-state index is -0.580. The van der Waals surface area contributed by atoms with Gasteiger partial charge in [-0.15, -0.1) is 4.48 Å². The van der Waals surface area contributed by atoms with E-state index in [1.54, 1.807) is 6.20 Å². The van der Waals surface area contributed by atoms with Gasteiger partial charge in [0.1, 0.15) is 0 Å². The van der Waals surface area contributed by atoms with Gasteiger partial charge in [-0.25, -0.2) is 0 Å². The number of rotatable bonds is 5. The zero-order valence-electron chi connectivity index (χ0n) is 11.3. The van der Waals surface area contributed by atoms with Crippen LogP contribution in [0.3, 0.4) is 0 Å². The molecule has 2 rings (SSSR count). The number of amides is 1. The van der Waals surface area contributed by atoms with Crippen LogP contribution in [0.15, 0.2) is 48.7 Å². The molecular weight excluding hydrogens is 255 g/mol. The van der Waals surface area contributed by atoms with E-state index in [0.29, 0.717) is 12.8 Å². The van der Waals surface area contributed by atoms with Crippen LogP contribution in [0.1, 0.15) is 16.8 Å².